The molecule has 4 aromatic rings. The number of hydrogen-bond acceptors (Lipinski definition) is 7. The number of allylic oxidation sites excluding steroid dienone is 2. The Morgan fingerprint density at radius 3 is 2.43 bits per heavy atom. The van der Waals surface area contributed by atoms with Crippen molar-refractivity contribution in [1.29, 1.82) is 0 Å². The third-order valence-corrected chi connectivity index (χ3v) is 9.65. The topological polar surface area (TPSA) is 105 Å². The Labute approximate surface area is 274 Å². The zero-order chi connectivity index (χ0) is 32.5. The van der Waals surface area contributed by atoms with E-state index in [2.05, 4.69) is 24.1 Å². The number of fused-ring (bicyclic) bond motifs is 3. The summed E-state index contributed by atoms with van der Waals surface area (Å²) in [6.07, 6.45) is 5.54. The smallest absolute Gasteiger partial charge is 0.238 e. The highest BCUT2D eigenvalue weighted by atomic mass is 16.5. The van der Waals surface area contributed by atoms with Crippen LogP contribution in [0, 0.1) is 23.7 Å². The van der Waals surface area contributed by atoms with E-state index in [4.69, 9.17) is 9.15 Å². The Hall–Kier alpha value is -4.79. The van der Waals surface area contributed by atoms with Crippen LogP contribution in [0.3, 0.4) is 0 Å². The largest absolute Gasteiger partial charge is 0.459 e. The van der Waals surface area contributed by atoms with Crippen molar-refractivity contribution < 1.29 is 23.8 Å². The monoisotopic (exact) mass is 629 g/mol. The van der Waals surface area contributed by atoms with Crippen LogP contribution in [0.15, 0.2) is 107 Å². The van der Waals surface area contributed by atoms with Crippen molar-refractivity contribution in [1.82, 2.24) is 4.98 Å². The number of carbonyl (C=O) groups is 2. The average molecular weight is 630 g/mol. The molecule has 2 saturated heterocycles. The van der Waals surface area contributed by atoms with E-state index in [1.165, 1.54) is 16.0 Å². The number of pyridine rings is 1. The molecule has 2 aromatic carbocycles. The number of para-hydroxylation sites is 1. The van der Waals surface area contributed by atoms with E-state index in [1.54, 1.807) is 12.3 Å². The Morgan fingerprint density at radius 1 is 0.957 bits per heavy atom. The fraction of sp³-hybridized carbons (Fsp3) is 0.308. The van der Waals surface area contributed by atoms with Crippen molar-refractivity contribution >= 4 is 40.5 Å². The van der Waals surface area contributed by atoms with E-state index in [-0.39, 0.29) is 42.3 Å². The van der Waals surface area contributed by atoms with Gasteiger partial charge in [0.1, 0.15) is 18.1 Å². The van der Waals surface area contributed by atoms with Gasteiger partial charge >= 0.3 is 0 Å². The van der Waals surface area contributed by atoms with Crippen LogP contribution >= 0.6 is 0 Å². The van der Waals surface area contributed by atoms with Gasteiger partial charge in [-0.15, -0.1) is 0 Å². The maximum absolute atomic E-state index is 14.1. The molecule has 2 aromatic heterocycles. The highest BCUT2D eigenvalue weighted by Gasteiger charge is 2.57. The van der Waals surface area contributed by atoms with Crippen LogP contribution in [0.4, 0.5) is 17.1 Å². The molecule has 240 valence electrons. The molecule has 3 aliphatic rings. The number of hydrogen-bond donors (Lipinski definition) is 2. The molecule has 2 N–H and O–H groups in total. The number of nitrogens with zero attached hydrogens (tertiary/aromatic N) is 2. The van der Waals surface area contributed by atoms with Gasteiger partial charge in [0.05, 0.1) is 35.9 Å². The normalized spacial score (nSPS) is 22.6. The van der Waals surface area contributed by atoms with Crippen LogP contribution in [-0.2, 0) is 20.9 Å². The maximum atomic E-state index is 14.1. The van der Waals surface area contributed by atoms with Crippen LogP contribution in [0.25, 0.3) is 11.6 Å². The Morgan fingerprint density at radius 2 is 1.72 bits per heavy atom. The van der Waals surface area contributed by atoms with Gasteiger partial charge in [0.2, 0.25) is 11.8 Å². The van der Waals surface area contributed by atoms with E-state index < -0.39 is 5.92 Å². The lowest BCUT2D eigenvalue weighted by molar-refractivity contribution is -0.122. The minimum absolute atomic E-state index is 0.120. The van der Waals surface area contributed by atoms with Crippen molar-refractivity contribution in [2.24, 2.45) is 23.7 Å². The zero-order valence-corrected chi connectivity index (χ0v) is 26.6. The first-order chi connectivity index (χ1) is 22.9. The minimum Gasteiger partial charge on any atom is -0.459 e. The predicted octanol–water partition coefficient (Wildman–Crippen LogP) is 7.41. The van der Waals surface area contributed by atoms with E-state index in [9.17, 15) is 14.7 Å². The van der Waals surface area contributed by atoms with E-state index in [0.717, 1.165) is 22.6 Å². The van der Waals surface area contributed by atoms with E-state index in [0.29, 0.717) is 43.1 Å². The second kappa shape index (κ2) is 13.1. The summed E-state index contributed by atoms with van der Waals surface area (Å²) in [4.78, 5) is 34.0. The summed E-state index contributed by atoms with van der Waals surface area (Å²) in [5, 5.41) is 12.8. The molecular formula is C39H39N3O5. The number of aliphatic hydroxyl groups excluding tert-OH is 1. The molecule has 0 unspecified atom stereocenters. The number of furan rings is 1. The highest BCUT2D eigenvalue weighted by Crippen LogP contribution is 2.52. The molecule has 4 heterocycles. The lowest BCUT2D eigenvalue weighted by Gasteiger charge is -2.33. The molecule has 7 rings (SSSR count). The number of benzene rings is 2. The molecule has 0 bridgehead atoms. The van der Waals surface area contributed by atoms with Crippen molar-refractivity contribution in [3.63, 3.8) is 0 Å². The number of ether oxygens (including phenoxy) is 1. The SMILES string of the molecule is CC(C)C1=C2[C@@H](CC/C(=C/c3ccc(CO)o3)c3ccccn3)OC[C@@H]2[C@@H]2C(=O)N(c3ccc(Nc4ccccc4)cc3)C(=O)[C@@H]2C1. The third kappa shape index (κ3) is 6.06. The molecule has 4 atom stereocenters. The number of imide groups is 1. The van der Waals surface area contributed by atoms with E-state index in [1.807, 2.05) is 84.9 Å². The number of aromatic nitrogens is 1. The van der Waals surface area contributed by atoms with Gasteiger partial charge in [-0.25, -0.2) is 0 Å². The fourth-order valence-electron chi connectivity index (χ4n) is 7.44. The lowest BCUT2D eigenvalue weighted by atomic mass is 9.67. The van der Waals surface area contributed by atoms with Gasteiger partial charge in [0.25, 0.3) is 0 Å². The molecule has 0 spiro atoms. The van der Waals surface area contributed by atoms with Crippen molar-refractivity contribution in [2.75, 3.05) is 16.8 Å². The first kappa shape index (κ1) is 30.8. The van der Waals surface area contributed by atoms with Gasteiger partial charge in [-0.3, -0.25) is 19.5 Å². The first-order valence-corrected chi connectivity index (χ1v) is 16.4. The first-order valence-electron chi connectivity index (χ1n) is 16.4. The van der Waals surface area contributed by atoms with Gasteiger partial charge < -0.3 is 19.6 Å². The van der Waals surface area contributed by atoms with Crippen LogP contribution in [0.2, 0.25) is 0 Å². The number of nitrogens with one attached hydrogen (secondary N) is 1. The molecule has 8 nitrogen and oxygen atoms in total. The second-order valence-corrected chi connectivity index (χ2v) is 12.8. The molecule has 0 radical (unpaired) electrons. The minimum atomic E-state index is -0.432. The van der Waals surface area contributed by atoms with E-state index >= 15 is 0 Å². The summed E-state index contributed by atoms with van der Waals surface area (Å²) in [5.41, 5.74) is 6.75. The highest BCUT2D eigenvalue weighted by molar-refractivity contribution is 6.22. The maximum Gasteiger partial charge on any atom is 0.238 e. The van der Waals surface area contributed by atoms with Gasteiger partial charge in [0.15, 0.2) is 0 Å². The van der Waals surface area contributed by atoms with Crippen molar-refractivity contribution in [2.45, 2.75) is 45.8 Å². The molecule has 2 fully saturated rings. The second-order valence-electron chi connectivity index (χ2n) is 12.8. The van der Waals surface area contributed by atoms with Crippen LogP contribution in [0.5, 0.6) is 0 Å². The molecule has 2 amide bonds. The molecule has 8 heteroatoms. The van der Waals surface area contributed by atoms with Crippen LogP contribution < -0.4 is 10.2 Å². The number of aliphatic hydroxyl groups is 1. The quantitative estimate of drug-likeness (QED) is 0.139. The van der Waals surface area contributed by atoms with Gasteiger partial charge in [-0.1, -0.05) is 43.7 Å². The Balaban J connectivity index is 1.12. The summed E-state index contributed by atoms with van der Waals surface area (Å²) in [6, 6.07) is 26.8. The fourth-order valence-corrected chi connectivity index (χ4v) is 7.44. The summed E-state index contributed by atoms with van der Waals surface area (Å²) in [7, 11) is 0. The van der Waals surface area contributed by atoms with Crippen LogP contribution in [-0.4, -0.2) is 34.6 Å². The standard InChI is InChI=1S/C39H39N3O5/c1-24(2)31-21-32-37(39(45)42(38(32)44)28-14-12-27(13-15-28)41-26-8-4-3-5-9-26)33-23-46-35(36(31)33)18-11-25(34-10-6-7-19-40-34)20-29-16-17-30(22-43)47-29/h3-10,12-17,19-20,24,32-33,35,37,41,43H,11,18,21-23H2,1-2H3/b25-20-/t32-,33+,35-,37-/m1/s1. The Kier molecular flexibility index (Phi) is 8.62. The number of anilines is 3. The molecule has 2 aliphatic heterocycles. The summed E-state index contributed by atoms with van der Waals surface area (Å²) >= 11 is 0. The molecule has 1 aliphatic carbocycles. The Bertz CT molecular complexity index is 1810. The van der Waals surface area contributed by atoms with Crippen LogP contribution in [0.1, 0.15) is 50.3 Å². The summed E-state index contributed by atoms with van der Waals surface area (Å²) in [6.45, 7) is 4.60. The van der Waals surface area contributed by atoms with Gasteiger partial charge in [0, 0.05) is 23.5 Å². The molecule has 47 heavy (non-hydrogen) atoms. The third-order valence-electron chi connectivity index (χ3n) is 9.65. The molecule has 0 saturated carbocycles. The van der Waals surface area contributed by atoms with Gasteiger partial charge in [-0.05, 0) is 103 Å². The number of amides is 2. The average Bonchev–Trinajstić information content (AvgIpc) is 3.80. The molecular weight excluding hydrogens is 590 g/mol. The van der Waals surface area contributed by atoms with Crippen molar-refractivity contribution in [3.8, 4) is 0 Å². The predicted molar refractivity (Wildman–Crippen MR) is 181 cm³/mol. The summed E-state index contributed by atoms with van der Waals surface area (Å²) < 4.78 is 12.3. The van der Waals surface area contributed by atoms with Gasteiger partial charge in [-0.2, -0.15) is 0 Å². The number of rotatable bonds is 10. The zero-order valence-electron chi connectivity index (χ0n) is 26.6. The van der Waals surface area contributed by atoms with Crippen molar-refractivity contribution in [3.05, 3.63) is 119 Å². The summed E-state index contributed by atoms with van der Waals surface area (Å²) in [5.74, 6) is 0.184. The lowest BCUT2D eigenvalue weighted by Crippen LogP contribution is -2.35. The number of carbonyl (C=O) groups excluding carboxylic acids is 2.